The highest BCUT2D eigenvalue weighted by Gasteiger charge is 2.02. The maximum Gasteiger partial charge on any atom is 0.231 e. The Balaban J connectivity index is 2.24. The molecule has 0 aliphatic rings. The van der Waals surface area contributed by atoms with Crippen molar-refractivity contribution in [3.05, 3.63) is 22.9 Å². The third kappa shape index (κ3) is 2.44. The van der Waals surface area contributed by atoms with E-state index in [2.05, 4.69) is 36.3 Å². The van der Waals surface area contributed by atoms with Crippen molar-refractivity contribution in [2.24, 2.45) is 7.05 Å². The van der Waals surface area contributed by atoms with Crippen molar-refractivity contribution in [2.45, 2.75) is 0 Å². The number of aryl methyl sites for hydroxylation is 1. The maximum absolute atomic E-state index is 5.57. The monoisotopic (exact) mass is 268 g/mol. The van der Waals surface area contributed by atoms with Crippen molar-refractivity contribution in [2.75, 3.05) is 11.1 Å². The van der Waals surface area contributed by atoms with E-state index in [0.29, 0.717) is 22.2 Å². The molecule has 0 aliphatic heterocycles. The zero-order chi connectivity index (χ0) is 10.8. The smallest absolute Gasteiger partial charge is 0.231 e. The van der Waals surface area contributed by atoms with Gasteiger partial charge in [0.25, 0.3) is 0 Å². The molecule has 78 valence electrons. The second-order valence-electron chi connectivity index (χ2n) is 2.94. The molecule has 0 unspecified atom stereocenters. The molecule has 0 saturated heterocycles. The van der Waals surface area contributed by atoms with Gasteiger partial charge in [-0.2, -0.15) is 10.1 Å². The van der Waals surface area contributed by atoms with Crippen molar-refractivity contribution in [1.82, 2.24) is 19.7 Å². The first-order valence-electron chi connectivity index (χ1n) is 4.20. The minimum absolute atomic E-state index is 0.398. The number of nitrogens with zero attached hydrogens (tertiary/aromatic N) is 4. The van der Waals surface area contributed by atoms with E-state index in [9.17, 15) is 0 Å². The van der Waals surface area contributed by atoms with E-state index < -0.39 is 0 Å². The van der Waals surface area contributed by atoms with Crippen LogP contribution in [0.1, 0.15) is 0 Å². The maximum atomic E-state index is 5.57. The van der Waals surface area contributed by atoms with Crippen LogP contribution in [0.5, 0.6) is 0 Å². The van der Waals surface area contributed by atoms with Crippen molar-refractivity contribution >= 4 is 33.5 Å². The molecule has 0 spiro atoms. The molecule has 0 bridgehead atoms. The van der Waals surface area contributed by atoms with E-state index in [1.165, 1.54) is 0 Å². The molecule has 0 saturated carbocycles. The lowest BCUT2D eigenvalue weighted by Crippen LogP contribution is -2.01. The number of anilines is 3. The van der Waals surface area contributed by atoms with Crippen LogP contribution in [0, 0.1) is 0 Å². The van der Waals surface area contributed by atoms with Gasteiger partial charge >= 0.3 is 0 Å². The van der Waals surface area contributed by atoms with Gasteiger partial charge in [-0.3, -0.25) is 4.68 Å². The number of halogens is 1. The zero-order valence-electron chi connectivity index (χ0n) is 7.98. The number of hydrogen-bond acceptors (Lipinski definition) is 5. The molecular weight excluding hydrogens is 260 g/mol. The summed E-state index contributed by atoms with van der Waals surface area (Å²) in [6, 6.07) is 3.45. The Morgan fingerprint density at radius 2 is 2.27 bits per heavy atom. The SMILES string of the molecule is Cn1ccc(Nc2nc(N)cc(Br)n2)n1. The van der Waals surface area contributed by atoms with Crippen molar-refractivity contribution in [1.29, 1.82) is 0 Å². The van der Waals surface area contributed by atoms with Crippen LogP contribution in [0.15, 0.2) is 22.9 Å². The number of rotatable bonds is 2. The first-order valence-corrected chi connectivity index (χ1v) is 4.99. The molecule has 3 N–H and O–H groups in total. The lowest BCUT2D eigenvalue weighted by atomic mass is 10.6. The second-order valence-corrected chi connectivity index (χ2v) is 3.75. The van der Waals surface area contributed by atoms with Crippen LogP contribution in [-0.2, 0) is 7.05 Å². The summed E-state index contributed by atoms with van der Waals surface area (Å²) < 4.78 is 2.32. The highest BCUT2D eigenvalue weighted by atomic mass is 79.9. The summed E-state index contributed by atoms with van der Waals surface area (Å²) in [5, 5.41) is 7.08. The highest BCUT2D eigenvalue weighted by Crippen LogP contribution is 2.15. The molecule has 2 aromatic heterocycles. The standard InChI is InChI=1S/C8H9BrN6/c1-15-3-2-7(14-15)13-8-11-5(9)4-6(10)12-8/h2-4H,1H3,(H3,10,11,12,13,14). The van der Waals surface area contributed by atoms with E-state index >= 15 is 0 Å². The van der Waals surface area contributed by atoms with Gasteiger partial charge in [-0.05, 0) is 15.9 Å². The third-order valence-corrected chi connectivity index (χ3v) is 2.07. The Morgan fingerprint density at radius 1 is 1.47 bits per heavy atom. The minimum atomic E-state index is 0.398. The average molecular weight is 269 g/mol. The molecule has 0 amide bonds. The summed E-state index contributed by atoms with van der Waals surface area (Å²) in [6.45, 7) is 0. The lowest BCUT2D eigenvalue weighted by Gasteiger charge is -2.02. The Kier molecular flexibility index (Phi) is 2.55. The molecule has 2 aromatic rings. The predicted octanol–water partition coefficient (Wildman–Crippen LogP) is 1.30. The molecule has 0 atom stereocenters. The lowest BCUT2D eigenvalue weighted by molar-refractivity contribution is 0.770. The normalized spacial score (nSPS) is 10.3. The average Bonchev–Trinajstić information content (AvgIpc) is 2.49. The number of aromatic nitrogens is 4. The Hall–Kier alpha value is -1.63. The predicted molar refractivity (Wildman–Crippen MR) is 60.6 cm³/mol. The van der Waals surface area contributed by atoms with Crippen LogP contribution in [0.2, 0.25) is 0 Å². The molecule has 2 heterocycles. The van der Waals surface area contributed by atoms with Gasteiger partial charge in [0.1, 0.15) is 10.4 Å². The Labute approximate surface area is 94.7 Å². The minimum Gasteiger partial charge on any atom is -0.383 e. The van der Waals surface area contributed by atoms with Crippen LogP contribution in [-0.4, -0.2) is 19.7 Å². The van der Waals surface area contributed by atoms with E-state index in [1.807, 2.05) is 19.3 Å². The molecule has 0 fully saturated rings. The van der Waals surface area contributed by atoms with Gasteiger partial charge in [0.2, 0.25) is 5.95 Å². The molecule has 6 nitrogen and oxygen atoms in total. The van der Waals surface area contributed by atoms with Gasteiger partial charge in [0.05, 0.1) is 0 Å². The van der Waals surface area contributed by atoms with E-state index in [1.54, 1.807) is 10.7 Å². The molecule has 0 aliphatic carbocycles. The fraction of sp³-hybridized carbons (Fsp3) is 0.125. The fourth-order valence-corrected chi connectivity index (χ4v) is 1.49. The second kappa shape index (κ2) is 3.85. The van der Waals surface area contributed by atoms with Crippen molar-refractivity contribution < 1.29 is 0 Å². The van der Waals surface area contributed by atoms with Gasteiger partial charge in [0.15, 0.2) is 5.82 Å². The van der Waals surface area contributed by atoms with Crippen LogP contribution in [0.4, 0.5) is 17.6 Å². The van der Waals surface area contributed by atoms with Crippen molar-refractivity contribution in [3.8, 4) is 0 Å². The van der Waals surface area contributed by atoms with Crippen molar-refractivity contribution in [3.63, 3.8) is 0 Å². The summed E-state index contributed by atoms with van der Waals surface area (Å²) >= 11 is 3.23. The molecule has 0 radical (unpaired) electrons. The van der Waals surface area contributed by atoms with Crippen LogP contribution in [0.3, 0.4) is 0 Å². The van der Waals surface area contributed by atoms with Gasteiger partial charge in [-0.25, -0.2) is 4.98 Å². The van der Waals surface area contributed by atoms with Gasteiger partial charge in [0, 0.05) is 25.4 Å². The van der Waals surface area contributed by atoms with E-state index in [4.69, 9.17) is 5.73 Å². The summed E-state index contributed by atoms with van der Waals surface area (Å²) in [4.78, 5) is 8.12. The van der Waals surface area contributed by atoms with Gasteiger partial charge in [-0.15, -0.1) is 0 Å². The third-order valence-electron chi connectivity index (χ3n) is 1.67. The van der Waals surface area contributed by atoms with Gasteiger partial charge < -0.3 is 11.1 Å². The number of nitrogens with one attached hydrogen (secondary N) is 1. The summed E-state index contributed by atoms with van der Waals surface area (Å²) in [5.74, 6) is 1.49. The Bertz CT molecular complexity index is 459. The number of hydrogen-bond donors (Lipinski definition) is 2. The molecular formula is C8H9BrN6. The largest absolute Gasteiger partial charge is 0.383 e. The molecule has 7 heteroatoms. The topological polar surface area (TPSA) is 81.7 Å². The number of nitrogen functional groups attached to an aromatic ring is 1. The number of nitrogens with two attached hydrogens (primary N) is 1. The van der Waals surface area contributed by atoms with Crippen LogP contribution >= 0.6 is 15.9 Å². The summed E-state index contributed by atoms with van der Waals surface area (Å²) in [6.07, 6.45) is 1.82. The summed E-state index contributed by atoms with van der Waals surface area (Å²) in [5.41, 5.74) is 5.57. The first-order chi connectivity index (χ1) is 7.13. The van der Waals surface area contributed by atoms with Crippen LogP contribution in [0.25, 0.3) is 0 Å². The van der Waals surface area contributed by atoms with E-state index in [0.717, 1.165) is 0 Å². The Morgan fingerprint density at radius 3 is 2.87 bits per heavy atom. The molecule has 15 heavy (non-hydrogen) atoms. The quantitative estimate of drug-likeness (QED) is 0.803. The molecule has 2 rings (SSSR count). The summed E-state index contributed by atoms with van der Waals surface area (Å²) in [7, 11) is 1.83. The van der Waals surface area contributed by atoms with Gasteiger partial charge in [-0.1, -0.05) is 0 Å². The van der Waals surface area contributed by atoms with E-state index in [-0.39, 0.29) is 0 Å². The van der Waals surface area contributed by atoms with Crippen LogP contribution < -0.4 is 11.1 Å². The molecule has 0 aromatic carbocycles. The first kappa shape index (κ1) is 9.91. The highest BCUT2D eigenvalue weighted by molar-refractivity contribution is 9.10. The zero-order valence-corrected chi connectivity index (χ0v) is 9.56. The fourth-order valence-electron chi connectivity index (χ4n) is 1.09.